The lowest BCUT2D eigenvalue weighted by atomic mass is 9.93. The highest BCUT2D eigenvalue weighted by Gasteiger charge is 2.48. The maximum absolute atomic E-state index is 14.1. The van der Waals surface area contributed by atoms with Crippen molar-refractivity contribution in [3.63, 3.8) is 0 Å². The third-order valence-corrected chi connectivity index (χ3v) is 8.59. The average molecular weight is 570 g/mol. The lowest BCUT2D eigenvalue weighted by Crippen LogP contribution is -2.59. The number of rotatable bonds is 10. The van der Waals surface area contributed by atoms with Crippen molar-refractivity contribution in [1.29, 1.82) is 0 Å². The Kier molecular flexibility index (Phi) is 9.60. The zero-order valence-electron chi connectivity index (χ0n) is 23.0. The van der Waals surface area contributed by atoms with Crippen molar-refractivity contribution in [3.8, 4) is 0 Å². The molecule has 5 atom stereocenters. The fraction of sp³-hybridized carbons (Fsp3) is 0.483. The number of carbonyl (C=O) groups is 3. The zero-order chi connectivity index (χ0) is 28.9. The molecule has 216 valence electrons. The van der Waals surface area contributed by atoms with Gasteiger partial charge >= 0.3 is 0 Å². The molecule has 0 aromatic heterocycles. The van der Waals surface area contributed by atoms with E-state index in [1.165, 1.54) is 0 Å². The summed E-state index contributed by atoms with van der Waals surface area (Å²) < 4.78 is 26.2. The molecule has 40 heavy (non-hydrogen) atoms. The van der Waals surface area contributed by atoms with Crippen LogP contribution in [0.5, 0.6) is 0 Å². The number of hydrogen-bond acceptors (Lipinski definition) is 6. The van der Waals surface area contributed by atoms with Crippen LogP contribution in [0.15, 0.2) is 60.7 Å². The second-order valence-electron chi connectivity index (χ2n) is 10.7. The number of sulfonamides is 1. The largest absolute Gasteiger partial charge is 0.343 e. The Morgan fingerprint density at radius 2 is 1.55 bits per heavy atom. The summed E-state index contributed by atoms with van der Waals surface area (Å²) in [6.45, 7) is 1.77. The predicted molar refractivity (Wildman–Crippen MR) is 152 cm³/mol. The van der Waals surface area contributed by atoms with Gasteiger partial charge in [0.1, 0.15) is 12.1 Å². The van der Waals surface area contributed by atoms with Gasteiger partial charge in [0.2, 0.25) is 27.7 Å². The Morgan fingerprint density at radius 1 is 0.975 bits per heavy atom. The SMILES string of the molecule is CC[C@H](N)C(=O)N[C@@H]1C(=O)N2[C@@H](CC[C@@H]1CNS(C)(=O)=O)CC[C@H]2C(=O)NC(c1ccccc1)c1ccccc1. The van der Waals surface area contributed by atoms with Crippen molar-refractivity contribution < 1.29 is 22.8 Å². The first-order valence-electron chi connectivity index (χ1n) is 13.8. The second kappa shape index (κ2) is 12.9. The van der Waals surface area contributed by atoms with Crippen molar-refractivity contribution >= 4 is 27.7 Å². The Bertz CT molecular complexity index is 1250. The van der Waals surface area contributed by atoms with Gasteiger partial charge in [-0.15, -0.1) is 0 Å². The Balaban J connectivity index is 1.60. The van der Waals surface area contributed by atoms with E-state index < -0.39 is 46.0 Å². The van der Waals surface area contributed by atoms with E-state index in [0.717, 1.165) is 17.4 Å². The summed E-state index contributed by atoms with van der Waals surface area (Å²) in [6, 6.07) is 16.2. The fourth-order valence-electron chi connectivity index (χ4n) is 5.68. The van der Waals surface area contributed by atoms with Crippen LogP contribution in [-0.2, 0) is 24.4 Å². The minimum Gasteiger partial charge on any atom is -0.343 e. The van der Waals surface area contributed by atoms with Crippen LogP contribution in [0.2, 0.25) is 0 Å². The maximum Gasteiger partial charge on any atom is 0.246 e. The molecule has 0 bridgehead atoms. The van der Waals surface area contributed by atoms with E-state index in [2.05, 4.69) is 15.4 Å². The Morgan fingerprint density at radius 3 is 2.10 bits per heavy atom. The van der Waals surface area contributed by atoms with E-state index in [9.17, 15) is 22.8 Å². The predicted octanol–water partition coefficient (Wildman–Crippen LogP) is 1.43. The molecule has 3 amide bonds. The Labute approximate surface area is 236 Å². The molecular formula is C29H39N5O5S. The van der Waals surface area contributed by atoms with Crippen LogP contribution in [0.25, 0.3) is 0 Å². The monoisotopic (exact) mass is 569 g/mol. The molecule has 2 fully saturated rings. The standard InChI is InChI=1S/C29H39N5O5S/c1-3-23(30)27(35)33-26-21(18-31-40(2,38)39)14-15-22-16-17-24(34(22)29(26)37)28(36)32-25(19-10-6-4-7-11-19)20-12-8-5-9-13-20/h4-13,21-26,31H,3,14-18,30H2,1-2H3,(H,32,36)(H,33,35)/t21-,22+,23+,24+,26+/m1/s1. The van der Waals surface area contributed by atoms with Gasteiger partial charge < -0.3 is 21.3 Å². The molecule has 0 unspecified atom stereocenters. The molecular weight excluding hydrogens is 530 g/mol. The van der Waals surface area contributed by atoms with Gasteiger partial charge in [-0.05, 0) is 43.2 Å². The first kappa shape index (κ1) is 29.7. The molecule has 10 nitrogen and oxygen atoms in total. The number of fused-ring (bicyclic) bond motifs is 1. The van der Waals surface area contributed by atoms with E-state index in [-0.39, 0.29) is 24.4 Å². The lowest BCUT2D eigenvalue weighted by molar-refractivity contribution is -0.143. The number of carbonyl (C=O) groups excluding carboxylic acids is 3. The topological polar surface area (TPSA) is 151 Å². The first-order valence-corrected chi connectivity index (χ1v) is 15.7. The lowest BCUT2D eigenvalue weighted by Gasteiger charge is -2.33. The molecule has 2 aliphatic heterocycles. The number of nitrogens with zero attached hydrogens (tertiary/aromatic N) is 1. The molecule has 11 heteroatoms. The molecule has 2 aliphatic rings. The van der Waals surface area contributed by atoms with E-state index >= 15 is 0 Å². The summed E-state index contributed by atoms with van der Waals surface area (Å²) in [5.41, 5.74) is 7.78. The average Bonchev–Trinajstić information content (AvgIpc) is 3.33. The first-order chi connectivity index (χ1) is 19.1. The van der Waals surface area contributed by atoms with E-state index in [1.807, 2.05) is 60.7 Å². The van der Waals surface area contributed by atoms with Crippen LogP contribution in [0.3, 0.4) is 0 Å². The van der Waals surface area contributed by atoms with Gasteiger partial charge in [0.05, 0.1) is 18.3 Å². The van der Waals surface area contributed by atoms with Gasteiger partial charge in [0.25, 0.3) is 0 Å². The van der Waals surface area contributed by atoms with Crippen LogP contribution >= 0.6 is 0 Å². The van der Waals surface area contributed by atoms with E-state index in [4.69, 9.17) is 5.73 Å². The van der Waals surface area contributed by atoms with Gasteiger partial charge in [-0.1, -0.05) is 67.6 Å². The van der Waals surface area contributed by atoms with E-state index in [0.29, 0.717) is 32.1 Å². The smallest absolute Gasteiger partial charge is 0.246 e. The summed E-state index contributed by atoms with van der Waals surface area (Å²) >= 11 is 0. The second-order valence-corrected chi connectivity index (χ2v) is 12.5. The summed E-state index contributed by atoms with van der Waals surface area (Å²) in [7, 11) is -3.51. The van der Waals surface area contributed by atoms with Crippen molar-refractivity contribution in [1.82, 2.24) is 20.3 Å². The number of amides is 3. The molecule has 2 saturated heterocycles. The fourth-order valence-corrected chi connectivity index (χ4v) is 6.20. The summed E-state index contributed by atoms with van der Waals surface area (Å²) in [4.78, 5) is 42.3. The molecule has 0 radical (unpaired) electrons. The van der Waals surface area contributed by atoms with Crippen LogP contribution in [0.1, 0.15) is 56.2 Å². The van der Waals surface area contributed by atoms with Crippen LogP contribution < -0.4 is 21.1 Å². The molecule has 0 spiro atoms. The van der Waals surface area contributed by atoms with E-state index in [1.54, 1.807) is 11.8 Å². The van der Waals surface area contributed by atoms with Crippen molar-refractivity contribution in [2.45, 2.75) is 69.2 Å². The highest BCUT2D eigenvalue weighted by molar-refractivity contribution is 7.88. The molecule has 2 aromatic rings. The molecule has 5 N–H and O–H groups in total. The molecule has 4 rings (SSSR count). The van der Waals surface area contributed by atoms with Crippen LogP contribution in [0, 0.1) is 5.92 Å². The highest BCUT2D eigenvalue weighted by atomic mass is 32.2. The van der Waals surface area contributed by atoms with Crippen LogP contribution in [-0.4, -0.2) is 68.0 Å². The number of nitrogens with two attached hydrogens (primary N) is 1. The van der Waals surface area contributed by atoms with Crippen molar-refractivity contribution in [2.24, 2.45) is 11.7 Å². The highest BCUT2D eigenvalue weighted by Crippen LogP contribution is 2.35. The van der Waals surface area contributed by atoms with Gasteiger partial charge in [-0.25, -0.2) is 13.1 Å². The van der Waals surface area contributed by atoms with Gasteiger partial charge in [-0.2, -0.15) is 0 Å². The number of hydrogen-bond donors (Lipinski definition) is 4. The zero-order valence-corrected chi connectivity index (χ0v) is 23.8. The number of nitrogens with one attached hydrogen (secondary N) is 3. The van der Waals surface area contributed by atoms with Gasteiger partial charge in [-0.3, -0.25) is 14.4 Å². The quantitative estimate of drug-likeness (QED) is 0.340. The normalized spacial score (nSPS) is 23.8. The molecule has 2 heterocycles. The third-order valence-electron chi connectivity index (χ3n) is 7.90. The molecule has 2 aromatic carbocycles. The summed E-state index contributed by atoms with van der Waals surface area (Å²) in [5, 5.41) is 5.96. The minimum atomic E-state index is -3.51. The van der Waals surface area contributed by atoms with Crippen molar-refractivity contribution in [3.05, 3.63) is 71.8 Å². The van der Waals surface area contributed by atoms with Crippen molar-refractivity contribution in [2.75, 3.05) is 12.8 Å². The summed E-state index contributed by atoms with van der Waals surface area (Å²) in [5.74, 6) is -1.60. The van der Waals surface area contributed by atoms with Crippen LogP contribution in [0.4, 0.5) is 0 Å². The molecule has 0 aliphatic carbocycles. The van der Waals surface area contributed by atoms with Gasteiger partial charge in [0, 0.05) is 18.5 Å². The maximum atomic E-state index is 14.1. The third kappa shape index (κ3) is 7.07. The minimum absolute atomic E-state index is 0.00159. The van der Waals surface area contributed by atoms with Gasteiger partial charge in [0.15, 0.2) is 0 Å². The summed E-state index contributed by atoms with van der Waals surface area (Å²) in [6.07, 6.45) is 3.69. The molecule has 0 saturated carbocycles. The number of benzene rings is 2. The Hall–Kier alpha value is -3.28.